The maximum atomic E-state index is 11.5. The van der Waals surface area contributed by atoms with Crippen molar-refractivity contribution >= 4 is 11.5 Å². The molecule has 92 valence electrons. The third kappa shape index (κ3) is 2.42. The Balaban J connectivity index is 0. The number of nitrogen functional groups attached to an aromatic ring is 1. The van der Waals surface area contributed by atoms with Crippen LogP contribution in [0.2, 0.25) is 0 Å². The number of carbonyl (C=O) groups is 1. The van der Waals surface area contributed by atoms with Gasteiger partial charge in [0.2, 0.25) is 0 Å². The fraction of sp³-hybridized carbons (Fsp3) is 0.462. The maximum Gasteiger partial charge on any atom is 0.160 e. The third-order valence-electron chi connectivity index (χ3n) is 3.04. The zero-order valence-corrected chi connectivity index (χ0v) is 10.2. The van der Waals surface area contributed by atoms with E-state index in [1.807, 2.05) is 27.7 Å². The lowest BCUT2D eigenvalue weighted by Crippen LogP contribution is -2.07. The minimum Gasteiger partial charge on any atom is -0.398 e. The molecule has 0 heterocycles. The number of hydrogen-bond acceptors (Lipinski definition) is 3. The van der Waals surface area contributed by atoms with Gasteiger partial charge in [0.05, 0.1) is 0 Å². The van der Waals surface area contributed by atoms with Crippen molar-refractivity contribution < 1.29 is 4.79 Å². The van der Waals surface area contributed by atoms with E-state index in [-0.39, 0.29) is 19.4 Å². The van der Waals surface area contributed by atoms with Gasteiger partial charge in [-0.3, -0.25) is 4.79 Å². The molecule has 3 nitrogen and oxygen atoms in total. The van der Waals surface area contributed by atoms with Crippen LogP contribution in [0.3, 0.4) is 0 Å². The molecule has 0 aliphatic heterocycles. The molecule has 3 heteroatoms. The average molecular weight is 224 g/mol. The van der Waals surface area contributed by atoms with Crippen molar-refractivity contribution in [3.63, 3.8) is 0 Å². The second-order valence-corrected chi connectivity index (χ2v) is 3.84. The zero-order chi connectivity index (χ0) is 11.0. The van der Waals surface area contributed by atoms with Gasteiger partial charge in [-0.15, -0.1) is 0 Å². The van der Waals surface area contributed by atoms with Gasteiger partial charge in [-0.1, -0.05) is 7.43 Å². The molecule has 0 saturated carbocycles. The number of hydrogen-bond donors (Lipinski definition) is 2. The lowest BCUT2D eigenvalue weighted by molar-refractivity contribution is 0.101. The Kier molecular flexibility index (Phi) is 6.03. The van der Waals surface area contributed by atoms with Crippen molar-refractivity contribution in [2.75, 3.05) is 5.73 Å². The van der Waals surface area contributed by atoms with Crippen LogP contribution in [-0.4, -0.2) is 5.78 Å². The highest BCUT2D eigenvalue weighted by Gasteiger charge is 2.15. The van der Waals surface area contributed by atoms with Gasteiger partial charge < -0.3 is 11.9 Å². The van der Waals surface area contributed by atoms with E-state index < -0.39 is 0 Å². The van der Waals surface area contributed by atoms with Gasteiger partial charge in [0.15, 0.2) is 5.78 Å². The first-order chi connectivity index (χ1) is 6.37. The van der Waals surface area contributed by atoms with E-state index in [9.17, 15) is 4.79 Å². The summed E-state index contributed by atoms with van der Waals surface area (Å²) in [6.07, 6.45) is 0. The number of ketones is 1. The van der Waals surface area contributed by atoms with Crippen LogP contribution in [0.4, 0.5) is 5.69 Å². The molecule has 0 amide bonds. The summed E-state index contributed by atoms with van der Waals surface area (Å²) in [5.41, 5.74) is 11.7. The average Bonchev–Trinajstić information content (AvgIpc) is 2.11. The van der Waals surface area contributed by atoms with Crippen LogP contribution < -0.4 is 11.9 Å². The van der Waals surface area contributed by atoms with E-state index in [0.29, 0.717) is 0 Å². The quantitative estimate of drug-likeness (QED) is 0.566. The molecule has 1 aromatic rings. The van der Waals surface area contributed by atoms with Gasteiger partial charge in [-0.2, -0.15) is 0 Å². The van der Waals surface area contributed by atoms with Crippen LogP contribution in [0.15, 0.2) is 0 Å². The van der Waals surface area contributed by atoms with Gasteiger partial charge in [0.1, 0.15) is 0 Å². The second kappa shape index (κ2) is 5.66. The van der Waals surface area contributed by atoms with Gasteiger partial charge in [0, 0.05) is 11.3 Å². The maximum absolute atomic E-state index is 11.5. The Labute approximate surface area is 98.6 Å². The second-order valence-electron chi connectivity index (χ2n) is 3.84. The first-order valence-corrected chi connectivity index (χ1v) is 4.74. The lowest BCUT2D eigenvalue weighted by Gasteiger charge is -2.16. The molecule has 1 rings (SSSR count). The highest BCUT2D eigenvalue weighted by molar-refractivity contribution is 5.98. The van der Waals surface area contributed by atoms with Crippen LogP contribution in [0.1, 0.15) is 47.0 Å². The minimum absolute atomic E-state index is 0. The fourth-order valence-electron chi connectivity index (χ4n) is 1.87. The van der Waals surface area contributed by atoms with Crippen LogP contribution in [0.5, 0.6) is 0 Å². The predicted molar refractivity (Wildman–Crippen MR) is 71.6 cm³/mol. The number of anilines is 1. The molecule has 5 N–H and O–H groups in total. The topological polar surface area (TPSA) is 78.1 Å². The van der Waals surface area contributed by atoms with Gasteiger partial charge in [-0.25, -0.2) is 0 Å². The molecule has 0 aliphatic rings. The monoisotopic (exact) mass is 224 g/mol. The SMILES string of the molecule is C.CC(=O)c1c(C)c(C)c(N)c(C)c1C.N. The molecule has 16 heavy (non-hydrogen) atoms. The van der Waals surface area contributed by atoms with E-state index in [0.717, 1.165) is 33.5 Å². The van der Waals surface area contributed by atoms with Crippen LogP contribution in [0, 0.1) is 27.7 Å². The molecule has 0 aromatic heterocycles. The molecular weight excluding hydrogens is 200 g/mol. The molecule has 0 radical (unpaired) electrons. The Morgan fingerprint density at radius 2 is 1.25 bits per heavy atom. The summed E-state index contributed by atoms with van der Waals surface area (Å²) < 4.78 is 0. The summed E-state index contributed by atoms with van der Waals surface area (Å²) >= 11 is 0. The van der Waals surface area contributed by atoms with Gasteiger partial charge in [-0.05, 0) is 56.9 Å². The largest absolute Gasteiger partial charge is 0.398 e. The van der Waals surface area contributed by atoms with Crippen molar-refractivity contribution in [2.24, 2.45) is 0 Å². The number of Topliss-reactive ketones (excluding diaryl/α,β-unsaturated/α-hetero) is 1. The molecule has 1 aromatic carbocycles. The molecule has 0 saturated heterocycles. The van der Waals surface area contributed by atoms with Crippen molar-refractivity contribution in [3.05, 3.63) is 27.8 Å². The lowest BCUT2D eigenvalue weighted by atomic mass is 9.90. The number of nitrogens with two attached hydrogens (primary N) is 1. The Morgan fingerprint density at radius 3 is 1.50 bits per heavy atom. The number of benzene rings is 1. The Bertz CT molecular complexity index is 380. The molecule has 0 unspecified atom stereocenters. The Morgan fingerprint density at radius 1 is 0.938 bits per heavy atom. The smallest absolute Gasteiger partial charge is 0.160 e. The summed E-state index contributed by atoms with van der Waals surface area (Å²) in [5, 5.41) is 0. The summed E-state index contributed by atoms with van der Waals surface area (Å²) in [6.45, 7) is 9.43. The molecule has 0 atom stereocenters. The normalized spacial score (nSPS) is 9.06. The molecule has 0 fully saturated rings. The number of rotatable bonds is 1. The van der Waals surface area contributed by atoms with E-state index in [2.05, 4.69) is 0 Å². The van der Waals surface area contributed by atoms with Crippen LogP contribution in [0.25, 0.3) is 0 Å². The van der Waals surface area contributed by atoms with E-state index in [4.69, 9.17) is 5.73 Å². The predicted octanol–water partition coefficient (Wildman–Crippen LogP) is 3.50. The third-order valence-corrected chi connectivity index (χ3v) is 3.04. The molecule has 0 aliphatic carbocycles. The van der Waals surface area contributed by atoms with Crippen molar-refractivity contribution in [2.45, 2.75) is 42.0 Å². The van der Waals surface area contributed by atoms with Crippen LogP contribution >= 0.6 is 0 Å². The summed E-state index contributed by atoms with van der Waals surface area (Å²) in [6, 6.07) is 0. The van der Waals surface area contributed by atoms with Gasteiger partial charge >= 0.3 is 0 Å². The standard InChI is InChI=1S/C12H17NO.CH4.H3N/c1-6-8(3)12(13)9(4)7(2)11(6)10(5)14;;/h13H2,1-5H3;1H4;1H3. The van der Waals surface area contributed by atoms with E-state index in [1.54, 1.807) is 6.92 Å². The molecule has 0 spiro atoms. The summed E-state index contributed by atoms with van der Waals surface area (Å²) in [5.74, 6) is 0.117. The van der Waals surface area contributed by atoms with Gasteiger partial charge in [0.25, 0.3) is 0 Å². The van der Waals surface area contributed by atoms with Crippen LogP contribution in [-0.2, 0) is 0 Å². The van der Waals surface area contributed by atoms with E-state index >= 15 is 0 Å². The van der Waals surface area contributed by atoms with Crippen molar-refractivity contribution in [3.8, 4) is 0 Å². The summed E-state index contributed by atoms with van der Waals surface area (Å²) in [7, 11) is 0. The van der Waals surface area contributed by atoms with Crippen molar-refractivity contribution in [1.82, 2.24) is 6.15 Å². The zero-order valence-electron chi connectivity index (χ0n) is 10.2. The highest BCUT2D eigenvalue weighted by atomic mass is 16.1. The highest BCUT2D eigenvalue weighted by Crippen LogP contribution is 2.28. The first kappa shape index (κ1) is 17.1. The fourth-order valence-corrected chi connectivity index (χ4v) is 1.87. The first-order valence-electron chi connectivity index (χ1n) is 4.74. The molecular formula is C13H24N2O. The van der Waals surface area contributed by atoms with E-state index in [1.165, 1.54) is 0 Å². The van der Waals surface area contributed by atoms with Crippen molar-refractivity contribution in [1.29, 1.82) is 0 Å². The number of carbonyl (C=O) groups excluding carboxylic acids is 1. The minimum atomic E-state index is 0. The summed E-state index contributed by atoms with van der Waals surface area (Å²) in [4.78, 5) is 11.5. The Hall–Kier alpha value is -1.35. The molecule has 0 bridgehead atoms.